The Balaban J connectivity index is 2.06. The molecule has 1 aromatic rings. The number of rotatable bonds is 4. The fourth-order valence-electron chi connectivity index (χ4n) is 1.70. The average Bonchev–Trinajstić information content (AvgIpc) is 2.23. The Labute approximate surface area is 115 Å². The third-order valence-electron chi connectivity index (χ3n) is 3.04. The third kappa shape index (κ3) is 2.70. The van der Waals surface area contributed by atoms with Gasteiger partial charge < -0.3 is 5.32 Å². The van der Waals surface area contributed by atoms with Crippen LogP contribution in [0.3, 0.4) is 0 Å². The van der Waals surface area contributed by atoms with Crippen molar-refractivity contribution in [3.63, 3.8) is 0 Å². The van der Waals surface area contributed by atoms with Crippen molar-refractivity contribution in [3.8, 4) is 0 Å². The van der Waals surface area contributed by atoms with Gasteiger partial charge in [-0.25, -0.2) is 4.98 Å². The van der Waals surface area contributed by atoms with Crippen LogP contribution in [0.5, 0.6) is 0 Å². The second kappa shape index (κ2) is 5.48. The van der Waals surface area contributed by atoms with Crippen LogP contribution < -0.4 is 5.32 Å². The number of hydrogen-bond acceptors (Lipinski definition) is 3. The van der Waals surface area contributed by atoms with Crippen molar-refractivity contribution in [1.82, 2.24) is 4.98 Å². The molecule has 1 aliphatic rings. The maximum Gasteiger partial charge on any atom is 0.228 e. The van der Waals surface area contributed by atoms with Gasteiger partial charge in [-0.15, -0.1) is 0 Å². The lowest BCUT2D eigenvalue weighted by atomic mass is 9.85. The highest BCUT2D eigenvalue weighted by Gasteiger charge is 2.25. The molecule has 0 aromatic carbocycles. The van der Waals surface area contributed by atoms with E-state index in [1.807, 2.05) is 0 Å². The van der Waals surface area contributed by atoms with E-state index in [9.17, 15) is 9.59 Å². The minimum absolute atomic E-state index is 0.0162. The minimum Gasteiger partial charge on any atom is -0.310 e. The quantitative estimate of drug-likeness (QED) is 0.855. The molecule has 0 aliphatic heterocycles. The van der Waals surface area contributed by atoms with Gasteiger partial charge in [0.25, 0.3) is 0 Å². The maximum atomic E-state index is 11.8. The Morgan fingerprint density at radius 2 is 2.39 bits per heavy atom. The zero-order valence-electron chi connectivity index (χ0n) is 12.7. The van der Waals surface area contributed by atoms with Crippen molar-refractivity contribution in [1.29, 1.82) is 0 Å². The van der Waals surface area contributed by atoms with Crippen LogP contribution in [0, 0.1) is 5.92 Å². The highest BCUT2D eigenvalue weighted by molar-refractivity contribution is 6.34. The van der Waals surface area contributed by atoms with Crippen LogP contribution in [-0.2, 0) is 4.79 Å². The Hall–Kier alpha value is -1.42. The summed E-state index contributed by atoms with van der Waals surface area (Å²) in [5.74, 6) is -0.416. The molecule has 0 unspecified atom stereocenters. The number of nitrogens with one attached hydrogen (secondary N) is 1. The van der Waals surface area contributed by atoms with Gasteiger partial charge >= 0.3 is 0 Å². The van der Waals surface area contributed by atoms with E-state index in [0.29, 0.717) is 0 Å². The predicted molar refractivity (Wildman–Crippen MR) is 69.8 cm³/mol. The number of anilines is 1. The van der Waals surface area contributed by atoms with Gasteiger partial charge in [0.15, 0.2) is 5.78 Å². The second-order valence-electron chi connectivity index (χ2n) is 4.27. The number of pyridine rings is 1. The van der Waals surface area contributed by atoms with Crippen molar-refractivity contribution in [2.24, 2.45) is 5.92 Å². The molecule has 0 saturated heterocycles. The highest BCUT2D eigenvalue weighted by atomic mass is 35.5. The van der Waals surface area contributed by atoms with Gasteiger partial charge in [0, 0.05) is 28.7 Å². The third-order valence-corrected chi connectivity index (χ3v) is 3.35. The van der Waals surface area contributed by atoms with Crippen LogP contribution in [0.1, 0.15) is 47.0 Å². The van der Waals surface area contributed by atoms with Crippen molar-refractivity contribution in [3.05, 3.63) is 22.8 Å². The van der Waals surface area contributed by atoms with Gasteiger partial charge in [0.05, 0.1) is 10.6 Å². The molecule has 1 aromatic heterocycles. The Morgan fingerprint density at radius 1 is 1.61 bits per heavy atom. The van der Waals surface area contributed by atoms with E-state index < -0.39 is 19.1 Å². The maximum absolute atomic E-state index is 11.8. The van der Waals surface area contributed by atoms with Gasteiger partial charge in [-0.2, -0.15) is 0 Å². The number of hydrogen-bond donors (Lipinski definition) is 1. The summed E-state index contributed by atoms with van der Waals surface area (Å²) in [5, 5.41) is 2.73. The molecule has 1 heterocycles. The molecule has 0 radical (unpaired) electrons. The van der Waals surface area contributed by atoms with Crippen molar-refractivity contribution >= 4 is 29.1 Å². The summed E-state index contributed by atoms with van der Waals surface area (Å²) in [5.41, 5.74) is 0.0504. The molecule has 18 heavy (non-hydrogen) atoms. The SMILES string of the molecule is [2H]C([2H])([2H])CC(=O)c1cnc(NC(=O)C2CCC2)cc1Cl. The molecule has 96 valence electrons. The van der Waals surface area contributed by atoms with Crippen LogP contribution in [0.15, 0.2) is 12.3 Å². The number of nitrogens with zero attached hydrogens (tertiary/aromatic N) is 1. The second-order valence-corrected chi connectivity index (χ2v) is 4.67. The first kappa shape index (κ1) is 9.50. The number of ketones is 1. The lowest BCUT2D eigenvalue weighted by molar-refractivity contribution is -0.122. The molecule has 1 saturated carbocycles. The summed E-state index contributed by atoms with van der Waals surface area (Å²) in [6, 6.07) is 1.37. The monoisotopic (exact) mass is 269 g/mol. The van der Waals surface area contributed by atoms with Gasteiger partial charge in [-0.1, -0.05) is 24.9 Å². The van der Waals surface area contributed by atoms with E-state index in [2.05, 4.69) is 10.3 Å². The summed E-state index contributed by atoms with van der Waals surface area (Å²) in [6.07, 6.45) is 3.40. The average molecular weight is 270 g/mol. The summed E-state index contributed by atoms with van der Waals surface area (Å²) in [4.78, 5) is 27.5. The minimum atomic E-state index is -2.35. The molecule has 1 fully saturated rings. The first-order chi connectivity index (χ1) is 9.76. The molecule has 0 bridgehead atoms. The van der Waals surface area contributed by atoms with E-state index in [0.717, 1.165) is 19.3 Å². The van der Waals surface area contributed by atoms with Crippen LogP contribution in [0.25, 0.3) is 0 Å². The van der Waals surface area contributed by atoms with Crippen LogP contribution in [0.2, 0.25) is 5.02 Å². The summed E-state index contributed by atoms with van der Waals surface area (Å²) in [7, 11) is 0. The fraction of sp³-hybridized carbons (Fsp3) is 0.462. The number of halogens is 1. The topological polar surface area (TPSA) is 59.1 Å². The normalized spacial score (nSPS) is 18.2. The van der Waals surface area contributed by atoms with E-state index in [1.165, 1.54) is 12.3 Å². The molecule has 4 nitrogen and oxygen atoms in total. The first-order valence-corrected chi connectivity index (χ1v) is 6.14. The zero-order chi connectivity index (χ0) is 15.6. The number of Topliss-reactive ketones (excluding diaryl/α,β-unsaturated/α-hetero) is 1. The smallest absolute Gasteiger partial charge is 0.228 e. The Morgan fingerprint density at radius 3 is 2.94 bits per heavy atom. The van der Waals surface area contributed by atoms with Crippen LogP contribution in [0.4, 0.5) is 5.82 Å². The summed E-state index contributed by atoms with van der Waals surface area (Å²) >= 11 is 5.97. The lowest BCUT2D eigenvalue weighted by Crippen LogP contribution is -2.28. The summed E-state index contributed by atoms with van der Waals surface area (Å²) < 4.78 is 21.3. The number of carbonyl (C=O) groups excluding carboxylic acids is 2. The van der Waals surface area contributed by atoms with E-state index in [-0.39, 0.29) is 28.2 Å². The molecular weight excluding hydrogens is 252 g/mol. The standard InChI is InChI=1S/C13H15ClN2O2/c1-2-11(17)9-7-15-12(6-10(9)14)16-13(18)8-4-3-5-8/h6-8H,2-5H2,1H3,(H,15,16,18)/i1D3. The van der Waals surface area contributed by atoms with Crippen molar-refractivity contribution in [2.45, 2.75) is 32.5 Å². The molecule has 2 rings (SSSR count). The molecule has 5 heteroatoms. The first-order valence-electron chi connectivity index (χ1n) is 7.26. The number of amides is 1. The Bertz CT molecular complexity index is 571. The molecule has 0 spiro atoms. The molecule has 1 N–H and O–H groups in total. The molecule has 0 atom stereocenters. The van der Waals surface area contributed by atoms with E-state index in [1.54, 1.807) is 0 Å². The zero-order valence-corrected chi connectivity index (χ0v) is 10.5. The summed E-state index contributed by atoms with van der Waals surface area (Å²) in [6.45, 7) is -2.35. The van der Waals surface area contributed by atoms with Crippen LogP contribution >= 0.6 is 11.6 Å². The number of aromatic nitrogens is 1. The fourth-order valence-corrected chi connectivity index (χ4v) is 1.96. The Kier molecular flexibility index (Phi) is 2.89. The van der Waals surface area contributed by atoms with Crippen LogP contribution in [-0.4, -0.2) is 16.7 Å². The van der Waals surface area contributed by atoms with Gasteiger partial charge in [0.1, 0.15) is 5.82 Å². The van der Waals surface area contributed by atoms with Gasteiger partial charge in [0.2, 0.25) is 5.91 Å². The van der Waals surface area contributed by atoms with E-state index in [4.69, 9.17) is 15.7 Å². The van der Waals surface area contributed by atoms with Gasteiger partial charge in [-0.05, 0) is 12.8 Å². The van der Waals surface area contributed by atoms with Gasteiger partial charge in [-0.3, -0.25) is 9.59 Å². The molecule has 1 amide bonds. The number of carbonyl (C=O) groups is 2. The largest absolute Gasteiger partial charge is 0.310 e. The van der Waals surface area contributed by atoms with E-state index >= 15 is 0 Å². The highest BCUT2D eigenvalue weighted by Crippen LogP contribution is 2.28. The lowest BCUT2D eigenvalue weighted by Gasteiger charge is -2.23. The predicted octanol–water partition coefficient (Wildman–Crippen LogP) is 3.07. The van der Waals surface area contributed by atoms with Crippen molar-refractivity contribution in [2.75, 3.05) is 5.32 Å². The molecule has 1 aliphatic carbocycles. The molecular formula is C13H15ClN2O2. The van der Waals surface area contributed by atoms with Crippen molar-refractivity contribution < 1.29 is 13.7 Å².